The minimum Gasteiger partial charge on any atom is -0.310 e. The molecule has 2 nitrogen and oxygen atoms in total. The van der Waals surface area contributed by atoms with Gasteiger partial charge in [0.05, 0.1) is 22.1 Å². The van der Waals surface area contributed by atoms with E-state index in [9.17, 15) is 0 Å². The number of aromatic nitrogens is 2. The summed E-state index contributed by atoms with van der Waals surface area (Å²) in [6.07, 6.45) is 6.72. The van der Waals surface area contributed by atoms with Gasteiger partial charge in [-0.1, -0.05) is 92.7 Å². The van der Waals surface area contributed by atoms with Gasteiger partial charge in [0, 0.05) is 32.9 Å². The zero-order valence-electron chi connectivity index (χ0n) is 23.2. The SMILES string of the molecule is C/C=C(\C=C/C(C)C)n1c2ccccc2c2cc(-c3ccc4c(c3)c3ccccc3n4-c3ccccc3)ccc21. The molecule has 7 aromatic rings. The Bertz CT molecular complexity index is 2080. The number of rotatable bonds is 5. The highest BCUT2D eigenvalue weighted by molar-refractivity contribution is 6.13. The summed E-state index contributed by atoms with van der Waals surface area (Å²) in [7, 11) is 0. The summed E-state index contributed by atoms with van der Waals surface area (Å²) < 4.78 is 4.76. The normalized spacial score (nSPS) is 12.7. The number of nitrogens with zero attached hydrogens (tertiary/aromatic N) is 2. The van der Waals surface area contributed by atoms with Crippen LogP contribution in [0.25, 0.3) is 66.1 Å². The molecule has 0 amide bonds. The zero-order valence-corrected chi connectivity index (χ0v) is 23.2. The summed E-state index contributed by atoms with van der Waals surface area (Å²) in [5.41, 5.74) is 9.76. The largest absolute Gasteiger partial charge is 0.310 e. The fourth-order valence-corrected chi connectivity index (χ4v) is 6.03. The Hall–Kier alpha value is -4.82. The van der Waals surface area contributed by atoms with Gasteiger partial charge >= 0.3 is 0 Å². The molecule has 0 atom stereocenters. The van der Waals surface area contributed by atoms with Gasteiger partial charge in [0.2, 0.25) is 0 Å². The third kappa shape index (κ3) is 3.87. The van der Waals surface area contributed by atoms with Crippen molar-refractivity contribution in [2.75, 3.05) is 0 Å². The Morgan fingerprint density at radius 3 is 1.77 bits per heavy atom. The number of benzene rings is 5. The predicted octanol–water partition coefficient (Wildman–Crippen LogP) is 10.6. The maximum atomic E-state index is 2.39. The molecule has 194 valence electrons. The van der Waals surface area contributed by atoms with E-state index in [1.807, 2.05) is 0 Å². The van der Waals surface area contributed by atoms with Crippen LogP contribution in [0.3, 0.4) is 0 Å². The Balaban J connectivity index is 1.43. The lowest BCUT2D eigenvalue weighted by Gasteiger charge is -2.10. The van der Waals surface area contributed by atoms with Crippen LogP contribution in [0, 0.1) is 5.92 Å². The van der Waals surface area contributed by atoms with Crippen LogP contribution < -0.4 is 0 Å². The van der Waals surface area contributed by atoms with Crippen LogP contribution in [0.1, 0.15) is 20.8 Å². The molecule has 0 aliphatic rings. The fourth-order valence-electron chi connectivity index (χ4n) is 6.03. The Morgan fingerprint density at radius 2 is 1.10 bits per heavy atom. The first-order valence-corrected chi connectivity index (χ1v) is 14.1. The molecule has 5 aromatic carbocycles. The first-order valence-electron chi connectivity index (χ1n) is 14.1. The van der Waals surface area contributed by atoms with E-state index in [1.54, 1.807) is 0 Å². The monoisotopic (exact) mass is 516 g/mol. The molecule has 0 N–H and O–H groups in total. The molecule has 2 heteroatoms. The van der Waals surface area contributed by atoms with Crippen LogP contribution in [0.2, 0.25) is 0 Å². The van der Waals surface area contributed by atoms with Crippen LogP contribution in [0.15, 0.2) is 133 Å². The van der Waals surface area contributed by atoms with Crippen LogP contribution >= 0.6 is 0 Å². The zero-order chi connectivity index (χ0) is 27.2. The number of para-hydroxylation sites is 3. The molecule has 0 bridgehead atoms. The second-order valence-electron chi connectivity index (χ2n) is 10.8. The molecule has 0 aliphatic carbocycles. The van der Waals surface area contributed by atoms with Gasteiger partial charge < -0.3 is 9.13 Å². The summed E-state index contributed by atoms with van der Waals surface area (Å²) in [5.74, 6) is 0.498. The van der Waals surface area contributed by atoms with Crippen LogP contribution in [0.5, 0.6) is 0 Å². The van der Waals surface area contributed by atoms with Crippen LogP contribution in [0.4, 0.5) is 0 Å². The molecule has 0 saturated carbocycles. The van der Waals surface area contributed by atoms with Gasteiger partial charge in [-0.25, -0.2) is 0 Å². The van der Waals surface area contributed by atoms with Gasteiger partial charge in [0.1, 0.15) is 0 Å². The van der Waals surface area contributed by atoms with Gasteiger partial charge in [-0.15, -0.1) is 0 Å². The van der Waals surface area contributed by atoms with Gasteiger partial charge in [-0.05, 0) is 78.6 Å². The number of hydrogen-bond acceptors (Lipinski definition) is 0. The van der Waals surface area contributed by atoms with E-state index < -0.39 is 0 Å². The van der Waals surface area contributed by atoms with Gasteiger partial charge in [-0.2, -0.15) is 0 Å². The summed E-state index contributed by atoms with van der Waals surface area (Å²) in [4.78, 5) is 0. The van der Waals surface area contributed by atoms with E-state index >= 15 is 0 Å². The van der Waals surface area contributed by atoms with Gasteiger partial charge in [0.15, 0.2) is 0 Å². The molecular weight excluding hydrogens is 484 g/mol. The van der Waals surface area contributed by atoms with Crippen molar-refractivity contribution in [3.05, 3.63) is 133 Å². The topological polar surface area (TPSA) is 9.86 Å². The molecule has 2 aromatic heterocycles. The maximum Gasteiger partial charge on any atom is 0.0541 e. The van der Waals surface area contributed by atoms with Crippen molar-refractivity contribution in [3.8, 4) is 16.8 Å². The fraction of sp³-hybridized carbons (Fsp3) is 0.105. The number of allylic oxidation sites excluding steroid dienone is 4. The molecule has 0 unspecified atom stereocenters. The summed E-state index contributed by atoms with van der Waals surface area (Å²) in [5, 5.41) is 5.10. The highest BCUT2D eigenvalue weighted by Crippen LogP contribution is 2.38. The average Bonchev–Trinajstić information content (AvgIpc) is 3.50. The molecule has 0 saturated heterocycles. The quantitative estimate of drug-likeness (QED) is 0.201. The second-order valence-corrected chi connectivity index (χ2v) is 10.8. The Morgan fingerprint density at radius 1 is 0.575 bits per heavy atom. The van der Waals surface area contributed by atoms with Gasteiger partial charge in [-0.3, -0.25) is 0 Å². The van der Waals surface area contributed by atoms with Crippen molar-refractivity contribution in [1.82, 2.24) is 9.13 Å². The lowest BCUT2D eigenvalue weighted by molar-refractivity contribution is 0.831. The van der Waals surface area contributed by atoms with E-state index in [0.717, 1.165) is 0 Å². The minimum atomic E-state index is 0.498. The van der Waals surface area contributed by atoms with Gasteiger partial charge in [0.25, 0.3) is 0 Å². The Kier molecular flexibility index (Phi) is 5.90. The first-order chi connectivity index (χ1) is 19.6. The van der Waals surface area contributed by atoms with Crippen LogP contribution in [-0.4, -0.2) is 9.13 Å². The van der Waals surface area contributed by atoms with E-state index in [4.69, 9.17) is 0 Å². The minimum absolute atomic E-state index is 0.498. The number of hydrogen-bond donors (Lipinski definition) is 0. The van der Waals surface area contributed by atoms with Crippen molar-refractivity contribution in [2.24, 2.45) is 5.92 Å². The number of fused-ring (bicyclic) bond motifs is 6. The predicted molar refractivity (Wildman–Crippen MR) is 173 cm³/mol. The second kappa shape index (κ2) is 9.73. The lowest BCUT2D eigenvalue weighted by atomic mass is 10.0. The van der Waals surface area contributed by atoms with Crippen molar-refractivity contribution in [3.63, 3.8) is 0 Å². The lowest BCUT2D eigenvalue weighted by Crippen LogP contribution is -1.95. The summed E-state index contributed by atoms with van der Waals surface area (Å²) in [6.45, 7) is 6.56. The molecule has 0 radical (unpaired) electrons. The maximum absolute atomic E-state index is 2.39. The molecular formula is C38H32N2. The highest BCUT2D eigenvalue weighted by Gasteiger charge is 2.15. The average molecular weight is 517 g/mol. The third-order valence-electron chi connectivity index (χ3n) is 7.90. The Labute approximate surface area is 235 Å². The van der Waals surface area contributed by atoms with Crippen molar-refractivity contribution in [2.45, 2.75) is 20.8 Å². The van der Waals surface area contributed by atoms with Crippen molar-refractivity contribution < 1.29 is 0 Å². The van der Waals surface area contributed by atoms with E-state index in [-0.39, 0.29) is 0 Å². The summed E-state index contributed by atoms with van der Waals surface area (Å²) >= 11 is 0. The van der Waals surface area contributed by atoms with Crippen LogP contribution in [-0.2, 0) is 0 Å². The van der Waals surface area contributed by atoms with E-state index in [2.05, 4.69) is 163 Å². The van der Waals surface area contributed by atoms with Crippen molar-refractivity contribution in [1.29, 1.82) is 0 Å². The standard InChI is InChI=1S/C38H32N2/c1-4-29(21-18-26(2)3)39-35-16-10-8-14-31(35)33-24-27(19-22-37(33)39)28-20-23-38-34(25-28)32-15-9-11-17-36(32)40(38)30-12-6-5-7-13-30/h4-26H,1-3H3/b21-18-,29-4+. The summed E-state index contributed by atoms with van der Waals surface area (Å²) in [6, 6.07) is 41.9. The molecule has 0 fully saturated rings. The van der Waals surface area contributed by atoms with E-state index in [1.165, 1.54) is 66.1 Å². The molecule has 0 spiro atoms. The third-order valence-corrected chi connectivity index (χ3v) is 7.90. The molecule has 40 heavy (non-hydrogen) atoms. The van der Waals surface area contributed by atoms with E-state index in [0.29, 0.717) is 5.92 Å². The first kappa shape index (κ1) is 24.2. The smallest absolute Gasteiger partial charge is 0.0541 e. The molecule has 0 aliphatic heterocycles. The van der Waals surface area contributed by atoms with Crippen molar-refractivity contribution >= 4 is 49.3 Å². The molecule has 2 heterocycles. The highest BCUT2D eigenvalue weighted by atomic mass is 15.0. The molecule has 7 rings (SSSR count).